The highest BCUT2D eigenvalue weighted by Crippen LogP contribution is 2.42. The molecule has 1 aromatic carbocycles. The highest BCUT2D eigenvalue weighted by atomic mass is 16.7. The van der Waals surface area contributed by atoms with Crippen LogP contribution in [0.15, 0.2) is 12.1 Å². The minimum Gasteiger partial charge on any atom is -0.504 e. The number of phenolic OH excluding ortho intramolecular Hbond substituents is 1. The summed E-state index contributed by atoms with van der Waals surface area (Å²) in [5.41, 5.74) is 5.46. The Morgan fingerprint density at radius 3 is 3.00 bits per heavy atom. The van der Waals surface area contributed by atoms with Crippen molar-refractivity contribution in [2.75, 3.05) is 6.79 Å². The van der Waals surface area contributed by atoms with Crippen molar-refractivity contribution >= 4 is 5.91 Å². The van der Waals surface area contributed by atoms with Crippen LogP contribution in [0.2, 0.25) is 0 Å². The molecule has 5 nitrogen and oxygen atoms in total. The highest BCUT2D eigenvalue weighted by Gasteiger charge is 2.20. The van der Waals surface area contributed by atoms with Crippen LogP contribution in [0.4, 0.5) is 0 Å². The van der Waals surface area contributed by atoms with E-state index < -0.39 is 5.91 Å². The van der Waals surface area contributed by atoms with Crippen LogP contribution in [0.1, 0.15) is 5.56 Å². The van der Waals surface area contributed by atoms with Gasteiger partial charge in [-0.3, -0.25) is 4.79 Å². The lowest BCUT2D eigenvalue weighted by Crippen LogP contribution is -2.13. The van der Waals surface area contributed by atoms with E-state index in [1.165, 1.54) is 0 Å². The lowest BCUT2D eigenvalue weighted by atomic mass is 10.1. The summed E-state index contributed by atoms with van der Waals surface area (Å²) in [4.78, 5) is 10.7. The molecule has 2 rings (SSSR count). The standard InChI is InChI=1S/C9H9NO4/c10-7(11)3-5-1-2-6-9(8(5)12)14-4-13-6/h1-2,12H,3-4H2,(H2,10,11). The number of primary amides is 1. The van der Waals surface area contributed by atoms with Crippen LogP contribution < -0.4 is 15.2 Å². The van der Waals surface area contributed by atoms with Crippen LogP contribution in [0, 0.1) is 0 Å². The zero-order chi connectivity index (χ0) is 10.1. The molecule has 1 heterocycles. The number of hydrogen-bond acceptors (Lipinski definition) is 4. The van der Waals surface area contributed by atoms with Crippen molar-refractivity contribution in [2.45, 2.75) is 6.42 Å². The first-order valence-corrected chi connectivity index (χ1v) is 4.07. The zero-order valence-corrected chi connectivity index (χ0v) is 7.32. The second kappa shape index (κ2) is 3.10. The maximum absolute atomic E-state index is 10.7. The van der Waals surface area contributed by atoms with Crippen LogP contribution in [0.5, 0.6) is 17.2 Å². The third kappa shape index (κ3) is 1.32. The molecule has 0 unspecified atom stereocenters. The maximum Gasteiger partial charge on any atom is 0.231 e. The number of ether oxygens (including phenoxy) is 2. The Morgan fingerprint density at radius 1 is 1.50 bits per heavy atom. The Labute approximate surface area is 80.0 Å². The van der Waals surface area contributed by atoms with Crippen molar-refractivity contribution in [3.8, 4) is 17.2 Å². The molecule has 1 aliphatic rings. The fourth-order valence-electron chi connectivity index (χ4n) is 1.33. The Balaban J connectivity index is 2.39. The van der Waals surface area contributed by atoms with Crippen molar-refractivity contribution in [1.29, 1.82) is 0 Å². The van der Waals surface area contributed by atoms with Gasteiger partial charge in [0.25, 0.3) is 0 Å². The van der Waals surface area contributed by atoms with Crippen molar-refractivity contribution < 1.29 is 19.4 Å². The number of benzene rings is 1. The smallest absolute Gasteiger partial charge is 0.231 e. The molecule has 1 aliphatic heterocycles. The molecule has 0 spiro atoms. The topological polar surface area (TPSA) is 81.8 Å². The van der Waals surface area contributed by atoms with Gasteiger partial charge in [-0.1, -0.05) is 6.07 Å². The molecule has 74 valence electrons. The maximum atomic E-state index is 10.7. The van der Waals surface area contributed by atoms with Gasteiger partial charge in [0, 0.05) is 5.56 Å². The third-order valence-corrected chi connectivity index (χ3v) is 1.96. The molecule has 0 bridgehead atoms. The second-order valence-corrected chi connectivity index (χ2v) is 2.95. The van der Waals surface area contributed by atoms with Crippen molar-refractivity contribution in [3.05, 3.63) is 17.7 Å². The van der Waals surface area contributed by atoms with Crippen LogP contribution in [-0.4, -0.2) is 17.8 Å². The Bertz CT molecular complexity index is 389. The molecule has 0 radical (unpaired) electrons. The van der Waals surface area contributed by atoms with Gasteiger partial charge >= 0.3 is 0 Å². The number of amides is 1. The van der Waals surface area contributed by atoms with Gasteiger partial charge in [0.05, 0.1) is 6.42 Å². The van der Waals surface area contributed by atoms with Gasteiger partial charge in [-0.2, -0.15) is 0 Å². The average molecular weight is 195 g/mol. The molecular formula is C9H9NO4. The van der Waals surface area contributed by atoms with E-state index in [4.69, 9.17) is 15.2 Å². The normalized spacial score (nSPS) is 12.9. The fraction of sp³-hybridized carbons (Fsp3) is 0.222. The first-order valence-electron chi connectivity index (χ1n) is 4.07. The number of rotatable bonds is 2. The fourth-order valence-corrected chi connectivity index (χ4v) is 1.33. The van der Waals surface area contributed by atoms with Gasteiger partial charge < -0.3 is 20.3 Å². The minimum absolute atomic E-state index is 0.0114. The molecule has 5 heteroatoms. The van der Waals surface area contributed by atoms with Gasteiger partial charge in [-0.25, -0.2) is 0 Å². The highest BCUT2D eigenvalue weighted by molar-refractivity contribution is 5.78. The first kappa shape index (κ1) is 8.68. The van der Waals surface area contributed by atoms with E-state index in [0.29, 0.717) is 11.3 Å². The minimum atomic E-state index is -0.501. The van der Waals surface area contributed by atoms with E-state index >= 15 is 0 Å². The predicted molar refractivity (Wildman–Crippen MR) is 47.1 cm³/mol. The number of phenols is 1. The summed E-state index contributed by atoms with van der Waals surface area (Å²) in [6.45, 7) is 0.0862. The third-order valence-electron chi connectivity index (χ3n) is 1.96. The predicted octanol–water partition coefficient (Wildman–Crippen LogP) is 0.149. The molecule has 0 fully saturated rings. The first-order chi connectivity index (χ1) is 6.68. The van der Waals surface area contributed by atoms with E-state index in [0.717, 1.165) is 0 Å². The summed E-state index contributed by atoms with van der Waals surface area (Å²) in [5.74, 6) is 0.192. The van der Waals surface area contributed by atoms with Crippen molar-refractivity contribution in [2.24, 2.45) is 5.73 Å². The Kier molecular flexibility index (Phi) is 1.92. The number of carbonyl (C=O) groups excluding carboxylic acids is 1. The van der Waals surface area contributed by atoms with Gasteiger partial charge in [0.15, 0.2) is 11.5 Å². The van der Waals surface area contributed by atoms with E-state index in [1.54, 1.807) is 12.1 Å². The van der Waals surface area contributed by atoms with E-state index in [2.05, 4.69) is 0 Å². The van der Waals surface area contributed by atoms with Crippen LogP contribution in [-0.2, 0) is 11.2 Å². The summed E-state index contributed by atoms with van der Waals surface area (Å²) in [6, 6.07) is 3.23. The molecule has 0 saturated heterocycles. The molecule has 14 heavy (non-hydrogen) atoms. The SMILES string of the molecule is NC(=O)Cc1ccc2c(c1O)OCO2. The lowest BCUT2D eigenvalue weighted by Gasteiger charge is -2.04. The van der Waals surface area contributed by atoms with Gasteiger partial charge in [-0.15, -0.1) is 0 Å². The molecule has 0 aliphatic carbocycles. The van der Waals surface area contributed by atoms with E-state index in [1.807, 2.05) is 0 Å². The quantitative estimate of drug-likeness (QED) is 0.703. The van der Waals surface area contributed by atoms with E-state index in [-0.39, 0.29) is 24.7 Å². The summed E-state index contributed by atoms with van der Waals surface area (Å²) in [7, 11) is 0. The van der Waals surface area contributed by atoms with Gasteiger partial charge in [0.1, 0.15) is 0 Å². The number of fused-ring (bicyclic) bond motifs is 1. The summed E-state index contributed by atoms with van der Waals surface area (Å²) < 4.78 is 10.1. The second-order valence-electron chi connectivity index (χ2n) is 2.95. The molecular weight excluding hydrogens is 186 g/mol. The van der Waals surface area contributed by atoms with Gasteiger partial charge in [-0.05, 0) is 6.07 Å². The number of aromatic hydroxyl groups is 1. The monoisotopic (exact) mass is 195 g/mol. The number of carbonyl (C=O) groups is 1. The largest absolute Gasteiger partial charge is 0.504 e. The van der Waals surface area contributed by atoms with Gasteiger partial charge in [0.2, 0.25) is 18.4 Å². The Morgan fingerprint density at radius 2 is 2.29 bits per heavy atom. The Hall–Kier alpha value is -1.91. The molecule has 0 aromatic heterocycles. The lowest BCUT2D eigenvalue weighted by molar-refractivity contribution is -0.117. The van der Waals surface area contributed by atoms with Crippen LogP contribution in [0.25, 0.3) is 0 Å². The van der Waals surface area contributed by atoms with Crippen LogP contribution >= 0.6 is 0 Å². The summed E-state index contributed by atoms with van der Waals surface area (Å²) >= 11 is 0. The van der Waals surface area contributed by atoms with Crippen molar-refractivity contribution in [3.63, 3.8) is 0 Å². The van der Waals surface area contributed by atoms with E-state index in [9.17, 15) is 9.90 Å². The summed E-state index contributed by atoms with van der Waals surface area (Å²) in [6.07, 6.45) is -0.0114. The molecule has 0 atom stereocenters. The average Bonchev–Trinajstić information content (AvgIpc) is 2.57. The molecule has 3 N–H and O–H groups in total. The van der Waals surface area contributed by atoms with Crippen LogP contribution in [0.3, 0.4) is 0 Å². The zero-order valence-electron chi connectivity index (χ0n) is 7.32. The molecule has 1 aromatic rings. The summed E-state index contributed by atoms with van der Waals surface area (Å²) in [5, 5.41) is 9.65. The number of hydrogen-bond donors (Lipinski definition) is 2. The van der Waals surface area contributed by atoms with Crippen molar-refractivity contribution in [1.82, 2.24) is 0 Å². The molecule has 1 amide bonds. The molecule has 0 saturated carbocycles. The number of nitrogens with two attached hydrogens (primary N) is 1.